The molecule has 0 unspecified atom stereocenters. The normalized spacial score (nSPS) is 13.8. The minimum absolute atomic E-state index is 0.0354. The van der Waals surface area contributed by atoms with E-state index >= 15 is 0 Å². The van der Waals surface area contributed by atoms with Gasteiger partial charge in [0, 0.05) is 30.8 Å². The highest BCUT2D eigenvalue weighted by molar-refractivity contribution is 6.07. The summed E-state index contributed by atoms with van der Waals surface area (Å²) in [6, 6.07) is 10.9. The predicted octanol–water partition coefficient (Wildman–Crippen LogP) is 3.93. The summed E-state index contributed by atoms with van der Waals surface area (Å²) in [5.41, 5.74) is 1.61. The van der Waals surface area contributed by atoms with E-state index in [-0.39, 0.29) is 17.3 Å². The van der Waals surface area contributed by atoms with Crippen LogP contribution in [0.2, 0.25) is 0 Å². The van der Waals surface area contributed by atoms with Gasteiger partial charge in [0.15, 0.2) is 0 Å². The molecular formula is C22H22FN3O2. The van der Waals surface area contributed by atoms with Crippen molar-refractivity contribution in [3.8, 4) is 0 Å². The summed E-state index contributed by atoms with van der Waals surface area (Å²) in [6.07, 6.45) is 3.87. The highest BCUT2D eigenvalue weighted by Crippen LogP contribution is 2.20. The minimum atomic E-state index is -0.344. The Morgan fingerprint density at radius 1 is 1.14 bits per heavy atom. The average molecular weight is 379 g/mol. The molecule has 144 valence electrons. The molecule has 2 aromatic carbocycles. The number of rotatable bonds is 3. The maximum atomic E-state index is 13.2. The molecule has 1 aliphatic rings. The Kier molecular flexibility index (Phi) is 4.94. The van der Waals surface area contributed by atoms with Gasteiger partial charge in [0.25, 0.3) is 11.5 Å². The monoisotopic (exact) mass is 379 g/mol. The van der Waals surface area contributed by atoms with E-state index < -0.39 is 0 Å². The molecule has 28 heavy (non-hydrogen) atoms. The lowest BCUT2D eigenvalue weighted by Crippen LogP contribution is -2.31. The maximum Gasteiger partial charge on any atom is 0.261 e. The number of aryl methyl sites for hydroxylation is 1. The van der Waals surface area contributed by atoms with Crippen LogP contribution in [0.25, 0.3) is 10.9 Å². The van der Waals surface area contributed by atoms with Crippen LogP contribution in [0.3, 0.4) is 0 Å². The number of benzene rings is 2. The van der Waals surface area contributed by atoms with E-state index in [0.29, 0.717) is 35.2 Å². The van der Waals surface area contributed by atoms with Crippen molar-refractivity contribution >= 4 is 22.5 Å². The van der Waals surface area contributed by atoms with Crippen molar-refractivity contribution in [1.82, 2.24) is 9.55 Å². The summed E-state index contributed by atoms with van der Waals surface area (Å²) in [5.74, 6) is 0.252. The molecule has 2 heterocycles. The summed E-state index contributed by atoms with van der Waals surface area (Å²) < 4.78 is 15.0. The first kappa shape index (κ1) is 18.3. The first-order valence-electron chi connectivity index (χ1n) is 9.69. The smallest absolute Gasteiger partial charge is 0.261 e. The number of halogens is 1. The SMILES string of the molecule is CCN(C(=O)c1ccc2c(=O)n3c(nc2c1)CCCCC3)c1ccc(F)cc1. The second-order valence-electron chi connectivity index (χ2n) is 7.05. The number of amides is 1. The topological polar surface area (TPSA) is 55.2 Å². The van der Waals surface area contributed by atoms with Crippen LogP contribution >= 0.6 is 0 Å². The Labute approximate surface area is 162 Å². The lowest BCUT2D eigenvalue weighted by Gasteiger charge is -2.21. The van der Waals surface area contributed by atoms with Gasteiger partial charge in [0.1, 0.15) is 11.6 Å². The van der Waals surface area contributed by atoms with Crippen molar-refractivity contribution in [2.45, 2.75) is 39.2 Å². The number of carbonyl (C=O) groups excluding carboxylic acids is 1. The molecule has 0 aliphatic carbocycles. The van der Waals surface area contributed by atoms with Crippen molar-refractivity contribution in [2.24, 2.45) is 0 Å². The molecule has 0 atom stereocenters. The fourth-order valence-corrected chi connectivity index (χ4v) is 3.77. The van der Waals surface area contributed by atoms with E-state index in [1.807, 2.05) is 6.92 Å². The molecule has 1 aromatic heterocycles. The first-order valence-corrected chi connectivity index (χ1v) is 9.69. The Balaban J connectivity index is 1.75. The van der Waals surface area contributed by atoms with E-state index in [4.69, 9.17) is 4.98 Å². The van der Waals surface area contributed by atoms with Gasteiger partial charge in [0.2, 0.25) is 0 Å². The zero-order valence-corrected chi connectivity index (χ0v) is 15.8. The van der Waals surface area contributed by atoms with Crippen LogP contribution in [0.5, 0.6) is 0 Å². The molecular weight excluding hydrogens is 357 g/mol. The van der Waals surface area contributed by atoms with Gasteiger partial charge in [-0.15, -0.1) is 0 Å². The van der Waals surface area contributed by atoms with Crippen molar-refractivity contribution in [3.63, 3.8) is 0 Å². The zero-order valence-electron chi connectivity index (χ0n) is 15.8. The number of carbonyl (C=O) groups is 1. The number of hydrogen-bond donors (Lipinski definition) is 0. The largest absolute Gasteiger partial charge is 0.309 e. The van der Waals surface area contributed by atoms with Crippen LogP contribution in [-0.4, -0.2) is 22.0 Å². The van der Waals surface area contributed by atoms with Gasteiger partial charge < -0.3 is 4.90 Å². The van der Waals surface area contributed by atoms with Crippen LogP contribution in [-0.2, 0) is 13.0 Å². The number of nitrogens with zero attached hydrogens (tertiary/aromatic N) is 3. The molecule has 0 saturated carbocycles. The third-order valence-corrected chi connectivity index (χ3v) is 5.26. The van der Waals surface area contributed by atoms with Crippen LogP contribution in [0.15, 0.2) is 47.3 Å². The molecule has 0 radical (unpaired) electrons. The minimum Gasteiger partial charge on any atom is -0.309 e. The molecule has 3 aromatic rings. The van der Waals surface area contributed by atoms with Gasteiger partial charge >= 0.3 is 0 Å². The second kappa shape index (κ2) is 7.54. The predicted molar refractivity (Wildman–Crippen MR) is 107 cm³/mol. The molecule has 1 aliphatic heterocycles. The van der Waals surface area contributed by atoms with Gasteiger partial charge in [-0.3, -0.25) is 14.2 Å². The Morgan fingerprint density at radius 2 is 1.93 bits per heavy atom. The number of fused-ring (bicyclic) bond motifs is 2. The third-order valence-electron chi connectivity index (χ3n) is 5.26. The fraction of sp³-hybridized carbons (Fsp3) is 0.318. The summed E-state index contributed by atoms with van der Waals surface area (Å²) in [5, 5.41) is 0.534. The molecule has 0 fully saturated rings. The molecule has 4 rings (SSSR count). The van der Waals surface area contributed by atoms with Crippen molar-refractivity contribution in [3.05, 3.63) is 70.0 Å². The van der Waals surface area contributed by atoms with Gasteiger partial charge in [-0.25, -0.2) is 9.37 Å². The summed E-state index contributed by atoms with van der Waals surface area (Å²) in [4.78, 5) is 32.2. The van der Waals surface area contributed by atoms with Crippen molar-refractivity contribution < 1.29 is 9.18 Å². The summed E-state index contributed by atoms with van der Waals surface area (Å²) >= 11 is 0. The molecule has 0 N–H and O–H groups in total. The lowest BCUT2D eigenvalue weighted by atomic mass is 10.1. The molecule has 0 bridgehead atoms. The maximum absolute atomic E-state index is 13.2. The fourth-order valence-electron chi connectivity index (χ4n) is 3.77. The van der Waals surface area contributed by atoms with Gasteiger partial charge in [-0.05, 0) is 62.2 Å². The van der Waals surface area contributed by atoms with E-state index in [0.717, 1.165) is 31.5 Å². The quantitative estimate of drug-likeness (QED) is 0.693. The zero-order chi connectivity index (χ0) is 19.7. The van der Waals surface area contributed by atoms with E-state index in [9.17, 15) is 14.0 Å². The third kappa shape index (κ3) is 3.30. The van der Waals surface area contributed by atoms with Gasteiger partial charge in [0.05, 0.1) is 10.9 Å². The standard InChI is InChI=1S/C22H22FN3O2/c1-2-25(17-10-8-16(23)9-11-17)21(27)15-7-12-18-19(14-15)24-20-6-4-3-5-13-26(20)22(18)28/h7-12,14H,2-6,13H2,1H3. The van der Waals surface area contributed by atoms with Gasteiger partial charge in [-0.1, -0.05) is 6.42 Å². The Morgan fingerprint density at radius 3 is 2.68 bits per heavy atom. The molecule has 1 amide bonds. The van der Waals surface area contributed by atoms with Crippen LogP contribution in [0.1, 0.15) is 42.4 Å². The highest BCUT2D eigenvalue weighted by Gasteiger charge is 2.19. The molecule has 0 spiro atoms. The molecule has 6 heteroatoms. The van der Waals surface area contributed by atoms with Crippen molar-refractivity contribution in [2.75, 3.05) is 11.4 Å². The molecule has 5 nitrogen and oxygen atoms in total. The van der Waals surface area contributed by atoms with Crippen LogP contribution in [0, 0.1) is 5.82 Å². The number of anilines is 1. The Bertz CT molecular complexity index is 1090. The highest BCUT2D eigenvalue weighted by atomic mass is 19.1. The average Bonchev–Trinajstić information content (AvgIpc) is 2.95. The lowest BCUT2D eigenvalue weighted by molar-refractivity contribution is 0.0988. The Hall–Kier alpha value is -3.02. The van der Waals surface area contributed by atoms with Crippen LogP contribution in [0.4, 0.5) is 10.1 Å². The van der Waals surface area contributed by atoms with Gasteiger partial charge in [-0.2, -0.15) is 0 Å². The van der Waals surface area contributed by atoms with E-state index in [1.54, 1.807) is 39.8 Å². The second-order valence-corrected chi connectivity index (χ2v) is 7.05. The number of hydrogen-bond acceptors (Lipinski definition) is 3. The van der Waals surface area contributed by atoms with Crippen LogP contribution < -0.4 is 10.5 Å². The number of aromatic nitrogens is 2. The van der Waals surface area contributed by atoms with E-state index in [2.05, 4.69) is 0 Å². The van der Waals surface area contributed by atoms with E-state index in [1.165, 1.54) is 12.1 Å². The summed E-state index contributed by atoms with van der Waals surface area (Å²) in [6.45, 7) is 3.02. The molecule has 0 saturated heterocycles. The first-order chi connectivity index (χ1) is 13.6. The van der Waals surface area contributed by atoms with Crippen molar-refractivity contribution in [1.29, 1.82) is 0 Å². The summed E-state index contributed by atoms with van der Waals surface area (Å²) in [7, 11) is 0.